The maximum atomic E-state index is 13.9. The standard InChI is InChI=1S/C15H13BrClF2NO/c16-8-1-4-13(17)11(5-8)15(21)12(7-20)10-3-2-9(18)6-14(10)19/h1-6,12,15,21H,7,20H2. The lowest BCUT2D eigenvalue weighted by molar-refractivity contribution is 0.145. The molecule has 21 heavy (non-hydrogen) atoms. The molecule has 0 aliphatic rings. The Morgan fingerprint density at radius 1 is 1.14 bits per heavy atom. The number of hydrogen-bond acceptors (Lipinski definition) is 2. The number of nitrogens with two attached hydrogens (primary N) is 1. The summed E-state index contributed by atoms with van der Waals surface area (Å²) in [6, 6.07) is 8.20. The summed E-state index contributed by atoms with van der Waals surface area (Å²) >= 11 is 9.36. The second-order valence-corrected chi connectivity index (χ2v) is 5.94. The van der Waals surface area contributed by atoms with E-state index in [4.69, 9.17) is 17.3 Å². The third-order valence-corrected chi connectivity index (χ3v) is 4.11. The highest BCUT2D eigenvalue weighted by Gasteiger charge is 2.26. The molecule has 0 saturated carbocycles. The fourth-order valence-corrected chi connectivity index (χ4v) is 2.79. The van der Waals surface area contributed by atoms with E-state index in [2.05, 4.69) is 15.9 Å². The average Bonchev–Trinajstić information content (AvgIpc) is 2.44. The maximum Gasteiger partial charge on any atom is 0.129 e. The van der Waals surface area contributed by atoms with Gasteiger partial charge in [-0.15, -0.1) is 0 Å². The molecule has 2 nitrogen and oxygen atoms in total. The predicted molar refractivity (Wildman–Crippen MR) is 82.3 cm³/mol. The summed E-state index contributed by atoms with van der Waals surface area (Å²) in [6.45, 7) is -0.00738. The van der Waals surface area contributed by atoms with Crippen LogP contribution in [0.4, 0.5) is 8.78 Å². The SMILES string of the molecule is NCC(c1ccc(F)cc1F)C(O)c1cc(Br)ccc1Cl. The molecule has 0 fully saturated rings. The average molecular weight is 377 g/mol. The van der Waals surface area contributed by atoms with Crippen molar-refractivity contribution in [3.8, 4) is 0 Å². The molecule has 0 aliphatic carbocycles. The van der Waals surface area contributed by atoms with Crippen LogP contribution in [0.2, 0.25) is 5.02 Å². The van der Waals surface area contributed by atoms with Crippen molar-refractivity contribution in [3.05, 3.63) is 68.7 Å². The molecule has 0 saturated heterocycles. The van der Waals surface area contributed by atoms with Gasteiger partial charge >= 0.3 is 0 Å². The van der Waals surface area contributed by atoms with E-state index in [9.17, 15) is 13.9 Å². The fraction of sp³-hybridized carbons (Fsp3) is 0.200. The Balaban J connectivity index is 2.43. The Kier molecular flexibility index (Phi) is 5.32. The summed E-state index contributed by atoms with van der Waals surface area (Å²) in [5.74, 6) is -2.14. The second kappa shape index (κ2) is 6.83. The molecule has 0 heterocycles. The van der Waals surface area contributed by atoms with Gasteiger partial charge in [-0.2, -0.15) is 0 Å². The van der Waals surface area contributed by atoms with E-state index in [1.165, 1.54) is 6.07 Å². The minimum Gasteiger partial charge on any atom is -0.388 e. The maximum absolute atomic E-state index is 13.9. The number of hydrogen-bond donors (Lipinski definition) is 2. The second-order valence-electron chi connectivity index (χ2n) is 4.62. The highest BCUT2D eigenvalue weighted by molar-refractivity contribution is 9.10. The van der Waals surface area contributed by atoms with Gasteiger partial charge in [0.2, 0.25) is 0 Å². The topological polar surface area (TPSA) is 46.2 Å². The molecular formula is C15H13BrClF2NO. The van der Waals surface area contributed by atoms with Gasteiger partial charge in [-0.3, -0.25) is 0 Å². The van der Waals surface area contributed by atoms with Crippen LogP contribution in [0.3, 0.4) is 0 Å². The minimum atomic E-state index is -1.10. The molecular weight excluding hydrogens is 364 g/mol. The molecule has 0 bridgehead atoms. The molecule has 0 amide bonds. The molecule has 2 atom stereocenters. The Morgan fingerprint density at radius 3 is 2.48 bits per heavy atom. The Labute approximate surface area is 134 Å². The van der Waals surface area contributed by atoms with E-state index >= 15 is 0 Å². The van der Waals surface area contributed by atoms with Crippen molar-refractivity contribution in [1.29, 1.82) is 0 Å². The van der Waals surface area contributed by atoms with Gasteiger partial charge in [-0.05, 0) is 29.8 Å². The molecule has 112 valence electrons. The first kappa shape index (κ1) is 16.4. The number of benzene rings is 2. The van der Waals surface area contributed by atoms with Crippen LogP contribution in [-0.4, -0.2) is 11.7 Å². The Morgan fingerprint density at radius 2 is 1.86 bits per heavy atom. The van der Waals surface area contributed by atoms with Crippen LogP contribution in [0.5, 0.6) is 0 Å². The van der Waals surface area contributed by atoms with E-state index in [1.54, 1.807) is 18.2 Å². The first-order valence-corrected chi connectivity index (χ1v) is 7.39. The zero-order valence-electron chi connectivity index (χ0n) is 10.9. The van der Waals surface area contributed by atoms with Gasteiger partial charge in [0.15, 0.2) is 0 Å². The van der Waals surface area contributed by atoms with Gasteiger partial charge in [0.25, 0.3) is 0 Å². The zero-order valence-corrected chi connectivity index (χ0v) is 13.2. The molecule has 0 spiro atoms. The number of rotatable bonds is 4. The van der Waals surface area contributed by atoms with Crippen LogP contribution in [0.15, 0.2) is 40.9 Å². The molecule has 0 radical (unpaired) electrons. The lowest BCUT2D eigenvalue weighted by Gasteiger charge is -2.23. The molecule has 2 rings (SSSR count). The summed E-state index contributed by atoms with van der Waals surface area (Å²) in [4.78, 5) is 0. The third-order valence-electron chi connectivity index (χ3n) is 3.27. The highest BCUT2D eigenvalue weighted by Crippen LogP contribution is 2.36. The van der Waals surface area contributed by atoms with Crippen LogP contribution < -0.4 is 5.73 Å². The molecule has 3 N–H and O–H groups in total. The van der Waals surface area contributed by atoms with Crippen LogP contribution in [-0.2, 0) is 0 Å². The van der Waals surface area contributed by atoms with E-state index in [1.807, 2.05) is 0 Å². The smallest absolute Gasteiger partial charge is 0.129 e. The van der Waals surface area contributed by atoms with Crippen molar-refractivity contribution in [1.82, 2.24) is 0 Å². The van der Waals surface area contributed by atoms with Gasteiger partial charge < -0.3 is 10.8 Å². The van der Waals surface area contributed by atoms with Gasteiger partial charge in [0, 0.05) is 33.6 Å². The van der Waals surface area contributed by atoms with E-state index in [0.717, 1.165) is 16.6 Å². The van der Waals surface area contributed by atoms with Gasteiger partial charge in [0.05, 0.1) is 6.10 Å². The lowest BCUT2D eigenvalue weighted by Crippen LogP contribution is -2.21. The van der Waals surface area contributed by atoms with E-state index in [0.29, 0.717) is 10.6 Å². The largest absolute Gasteiger partial charge is 0.388 e. The molecule has 6 heteroatoms. The van der Waals surface area contributed by atoms with Crippen molar-refractivity contribution in [2.24, 2.45) is 5.73 Å². The fourth-order valence-electron chi connectivity index (χ4n) is 2.19. The summed E-state index contributed by atoms with van der Waals surface area (Å²) in [6.07, 6.45) is -1.10. The van der Waals surface area contributed by atoms with Gasteiger partial charge in [-0.1, -0.05) is 33.6 Å². The Bertz CT molecular complexity index is 654. The highest BCUT2D eigenvalue weighted by atomic mass is 79.9. The van der Waals surface area contributed by atoms with Crippen molar-refractivity contribution >= 4 is 27.5 Å². The monoisotopic (exact) mass is 375 g/mol. The predicted octanol–water partition coefficient (Wildman–Crippen LogP) is 4.16. The first-order chi connectivity index (χ1) is 9.93. The van der Waals surface area contributed by atoms with Crippen molar-refractivity contribution in [2.45, 2.75) is 12.0 Å². The quantitative estimate of drug-likeness (QED) is 0.842. The molecule has 2 aromatic rings. The molecule has 2 aromatic carbocycles. The van der Waals surface area contributed by atoms with Crippen LogP contribution >= 0.6 is 27.5 Å². The normalized spacial score (nSPS) is 14.0. The van der Waals surface area contributed by atoms with Crippen molar-refractivity contribution in [3.63, 3.8) is 0 Å². The number of halogens is 4. The molecule has 0 aromatic heterocycles. The van der Waals surface area contributed by atoms with Crippen LogP contribution in [0.1, 0.15) is 23.1 Å². The van der Waals surface area contributed by atoms with Gasteiger partial charge in [-0.25, -0.2) is 8.78 Å². The zero-order chi connectivity index (χ0) is 15.6. The summed E-state index contributed by atoms with van der Waals surface area (Å²) in [7, 11) is 0. The van der Waals surface area contributed by atoms with Crippen molar-refractivity contribution in [2.75, 3.05) is 6.54 Å². The number of aliphatic hydroxyl groups is 1. The molecule has 0 aliphatic heterocycles. The first-order valence-electron chi connectivity index (χ1n) is 6.22. The Hall–Kier alpha value is -1.01. The van der Waals surface area contributed by atoms with Crippen LogP contribution in [0.25, 0.3) is 0 Å². The third kappa shape index (κ3) is 3.61. The van der Waals surface area contributed by atoms with E-state index in [-0.39, 0.29) is 12.1 Å². The number of aliphatic hydroxyl groups excluding tert-OH is 1. The van der Waals surface area contributed by atoms with Crippen LogP contribution in [0, 0.1) is 11.6 Å². The summed E-state index contributed by atoms with van der Waals surface area (Å²) in [5, 5.41) is 10.8. The van der Waals surface area contributed by atoms with E-state index < -0.39 is 23.7 Å². The minimum absolute atomic E-state index is 0.00738. The molecule has 2 unspecified atom stereocenters. The van der Waals surface area contributed by atoms with Crippen molar-refractivity contribution < 1.29 is 13.9 Å². The summed E-state index contributed by atoms with van der Waals surface area (Å²) < 4.78 is 27.6. The lowest BCUT2D eigenvalue weighted by atomic mass is 9.89. The van der Waals surface area contributed by atoms with Gasteiger partial charge in [0.1, 0.15) is 11.6 Å². The summed E-state index contributed by atoms with van der Waals surface area (Å²) in [5.41, 5.74) is 6.25.